The zero-order valence-electron chi connectivity index (χ0n) is 16.7. The Bertz CT molecular complexity index is 787. The second-order valence-electron chi connectivity index (χ2n) is 7.29. The molecule has 3 rings (SSSR count). The molecule has 1 aromatic carbocycles. The molecule has 1 aliphatic rings. The molecule has 1 aromatic heterocycles. The fraction of sp³-hybridized carbons (Fsp3) is 0.550. The van der Waals surface area contributed by atoms with Crippen molar-refractivity contribution >= 4 is 29.9 Å². The second-order valence-corrected chi connectivity index (χ2v) is 7.70. The van der Waals surface area contributed by atoms with Crippen LogP contribution in [0.1, 0.15) is 62.4 Å². The number of piperidine rings is 1. The number of benzene rings is 1. The van der Waals surface area contributed by atoms with Gasteiger partial charge in [-0.25, -0.2) is 9.67 Å². The number of hydrogen-bond acceptors (Lipinski definition) is 4. The molecule has 1 saturated heterocycles. The van der Waals surface area contributed by atoms with Gasteiger partial charge in [0.1, 0.15) is 5.82 Å². The van der Waals surface area contributed by atoms with Crippen molar-refractivity contribution in [2.45, 2.75) is 52.0 Å². The van der Waals surface area contributed by atoms with E-state index in [1.165, 1.54) is 0 Å². The van der Waals surface area contributed by atoms with Crippen molar-refractivity contribution in [2.75, 3.05) is 19.6 Å². The van der Waals surface area contributed by atoms with Gasteiger partial charge in [-0.3, -0.25) is 4.79 Å². The van der Waals surface area contributed by atoms with Gasteiger partial charge in [-0.05, 0) is 44.5 Å². The summed E-state index contributed by atoms with van der Waals surface area (Å²) in [5.74, 6) is 1.03. The number of carbonyl (C=O) groups excluding carboxylic acids is 1. The predicted octanol–water partition coefficient (Wildman–Crippen LogP) is 4.07. The van der Waals surface area contributed by atoms with Crippen LogP contribution in [0.5, 0.6) is 0 Å². The van der Waals surface area contributed by atoms with Crippen LogP contribution in [0, 0.1) is 0 Å². The summed E-state index contributed by atoms with van der Waals surface area (Å²) in [5, 5.41) is 8.52. The number of hydrogen-bond donors (Lipinski definition) is 1. The van der Waals surface area contributed by atoms with Crippen LogP contribution in [0.15, 0.2) is 24.3 Å². The third-order valence-electron chi connectivity index (χ3n) is 4.90. The first-order valence-electron chi connectivity index (χ1n) is 9.76. The molecule has 8 heteroatoms. The van der Waals surface area contributed by atoms with Crippen molar-refractivity contribution in [1.29, 1.82) is 0 Å². The molecule has 0 saturated carbocycles. The van der Waals surface area contributed by atoms with Gasteiger partial charge in [-0.1, -0.05) is 44.5 Å². The Morgan fingerprint density at radius 2 is 2.00 bits per heavy atom. The van der Waals surface area contributed by atoms with Crippen LogP contribution in [0.4, 0.5) is 0 Å². The number of halogens is 2. The van der Waals surface area contributed by atoms with Crippen LogP contribution in [0.2, 0.25) is 5.02 Å². The van der Waals surface area contributed by atoms with Crippen LogP contribution in [0.25, 0.3) is 5.69 Å². The molecule has 6 nitrogen and oxygen atoms in total. The summed E-state index contributed by atoms with van der Waals surface area (Å²) < 4.78 is 1.72. The topological polar surface area (TPSA) is 63.1 Å². The maximum Gasteiger partial charge on any atom is 0.293 e. The standard InChI is InChI=1S/C20H28ClN5O.ClH/c1-4-13-25(15-9-11-22-12-10-15)20(27)18-23-19(14(2)3)26(24-18)17-8-6-5-7-16(17)21;/h5-8,14-15,22H,4,9-13H2,1-3H3;1H. The average molecular weight is 426 g/mol. The summed E-state index contributed by atoms with van der Waals surface area (Å²) >= 11 is 6.37. The van der Waals surface area contributed by atoms with E-state index < -0.39 is 0 Å². The van der Waals surface area contributed by atoms with E-state index in [4.69, 9.17) is 11.6 Å². The zero-order valence-corrected chi connectivity index (χ0v) is 18.3. The molecule has 0 radical (unpaired) electrons. The van der Waals surface area contributed by atoms with Crippen LogP contribution in [0.3, 0.4) is 0 Å². The summed E-state index contributed by atoms with van der Waals surface area (Å²) in [5.41, 5.74) is 0.748. The van der Waals surface area contributed by atoms with E-state index in [1.54, 1.807) is 4.68 Å². The van der Waals surface area contributed by atoms with Gasteiger partial charge in [-0.15, -0.1) is 17.5 Å². The minimum absolute atomic E-state index is 0. The van der Waals surface area contributed by atoms with Gasteiger partial charge >= 0.3 is 0 Å². The molecule has 1 fully saturated rings. The second kappa shape index (κ2) is 10.2. The maximum atomic E-state index is 13.3. The number of nitrogens with zero attached hydrogens (tertiary/aromatic N) is 4. The fourth-order valence-corrected chi connectivity index (χ4v) is 3.74. The number of carbonyl (C=O) groups is 1. The van der Waals surface area contributed by atoms with E-state index in [0.29, 0.717) is 5.02 Å². The molecule has 2 aromatic rings. The minimum Gasteiger partial charge on any atom is -0.333 e. The molecule has 1 amide bonds. The Morgan fingerprint density at radius 3 is 2.61 bits per heavy atom. The first-order valence-corrected chi connectivity index (χ1v) is 10.1. The van der Waals surface area contributed by atoms with Crippen molar-refractivity contribution < 1.29 is 4.79 Å². The Balaban J connectivity index is 0.00000280. The largest absolute Gasteiger partial charge is 0.333 e. The molecule has 28 heavy (non-hydrogen) atoms. The normalized spacial score (nSPS) is 14.8. The minimum atomic E-state index is -0.0866. The third kappa shape index (κ3) is 4.85. The van der Waals surface area contributed by atoms with E-state index in [-0.39, 0.29) is 36.1 Å². The lowest BCUT2D eigenvalue weighted by molar-refractivity contribution is 0.0630. The molecular formula is C20H29Cl2N5O. The smallest absolute Gasteiger partial charge is 0.293 e. The predicted molar refractivity (Wildman–Crippen MR) is 115 cm³/mol. The van der Waals surface area contributed by atoms with E-state index in [0.717, 1.165) is 50.4 Å². The summed E-state index contributed by atoms with van der Waals surface area (Å²) in [6, 6.07) is 7.75. The van der Waals surface area contributed by atoms with Gasteiger partial charge in [0.25, 0.3) is 5.91 Å². The first-order chi connectivity index (χ1) is 13.0. The number of amides is 1. The lowest BCUT2D eigenvalue weighted by atomic mass is 10.0. The quantitative estimate of drug-likeness (QED) is 0.757. The van der Waals surface area contributed by atoms with Crippen molar-refractivity contribution in [2.24, 2.45) is 0 Å². The molecule has 1 aliphatic heterocycles. The highest BCUT2D eigenvalue weighted by molar-refractivity contribution is 6.32. The van der Waals surface area contributed by atoms with Crippen molar-refractivity contribution in [3.8, 4) is 5.69 Å². The highest BCUT2D eigenvalue weighted by Crippen LogP contribution is 2.24. The maximum absolute atomic E-state index is 13.3. The van der Waals surface area contributed by atoms with E-state index in [1.807, 2.05) is 43.0 Å². The Labute approximate surface area is 178 Å². The van der Waals surface area contributed by atoms with Crippen LogP contribution >= 0.6 is 24.0 Å². The summed E-state index contributed by atoms with van der Waals surface area (Å²) in [6.07, 6.45) is 2.85. The summed E-state index contributed by atoms with van der Waals surface area (Å²) in [6.45, 7) is 8.79. The van der Waals surface area contributed by atoms with Gasteiger partial charge in [0.2, 0.25) is 5.82 Å². The summed E-state index contributed by atoms with van der Waals surface area (Å²) in [7, 11) is 0. The molecule has 0 unspecified atom stereocenters. The number of nitrogens with one attached hydrogen (secondary N) is 1. The number of para-hydroxylation sites is 1. The Morgan fingerprint density at radius 1 is 1.32 bits per heavy atom. The van der Waals surface area contributed by atoms with E-state index >= 15 is 0 Å². The SMILES string of the molecule is CCCN(C(=O)c1nc(C(C)C)n(-c2ccccc2Cl)n1)C1CCNCC1.Cl. The van der Waals surface area contributed by atoms with Crippen LogP contribution in [-0.2, 0) is 0 Å². The fourth-order valence-electron chi connectivity index (χ4n) is 3.53. The molecule has 0 spiro atoms. The number of aromatic nitrogens is 3. The van der Waals surface area contributed by atoms with Gasteiger partial charge in [0.15, 0.2) is 0 Å². The van der Waals surface area contributed by atoms with Gasteiger partial charge in [0.05, 0.1) is 10.7 Å². The molecule has 2 heterocycles. The molecule has 154 valence electrons. The van der Waals surface area contributed by atoms with E-state index in [2.05, 4.69) is 22.3 Å². The Hall–Kier alpha value is -1.63. The summed E-state index contributed by atoms with van der Waals surface area (Å²) in [4.78, 5) is 19.8. The average Bonchev–Trinajstić information content (AvgIpc) is 3.12. The highest BCUT2D eigenvalue weighted by Gasteiger charge is 2.29. The van der Waals surface area contributed by atoms with E-state index in [9.17, 15) is 4.79 Å². The lowest BCUT2D eigenvalue weighted by Crippen LogP contribution is -2.46. The number of rotatable bonds is 6. The van der Waals surface area contributed by atoms with Crippen LogP contribution < -0.4 is 5.32 Å². The molecule has 1 N–H and O–H groups in total. The first kappa shape index (κ1) is 22.7. The van der Waals surface area contributed by atoms with Gasteiger partial charge in [-0.2, -0.15) is 0 Å². The Kier molecular flexibility index (Phi) is 8.28. The highest BCUT2D eigenvalue weighted by atomic mass is 35.5. The van der Waals surface area contributed by atoms with Gasteiger partial charge < -0.3 is 10.2 Å². The molecule has 0 aliphatic carbocycles. The van der Waals surface area contributed by atoms with Crippen molar-refractivity contribution in [3.63, 3.8) is 0 Å². The zero-order chi connectivity index (χ0) is 19.4. The third-order valence-corrected chi connectivity index (χ3v) is 5.21. The van der Waals surface area contributed by atoms with Crippen molar-refractivity contribution in [3.05, 3.63) is 40.9 Å². The van der Waals surface area contributed by atoms with Gasteiger partial charge in [0, 0.05) is 18.5 Å². The monoisotopic (exact) mass is 425 g/mol. The van der Waals surface area contributed by atoms with Crippen LogP contribution in [-0.4, -0.2) is 51.2 Å². The van der Waals surface area contributed by atoms with Crippen molar-refractivity contribution in [1.82, 2.24) is 25.0 Å². The molecular weight excluding hydrogens is 397 g/mol. The molecule has 0 atom stereocenters. The molecule has 0 bridgehead atoms. The lowest BCUT2D eigenvalue weighted by Gasteiger charge is -2.33.